The topological polar surface area (TPSA) is 84.2 Å². The number of halogens is 3. The summed E-state index contributed by atoms with van der Waals surface area (Å²) in [6.45, 7) is 0.206. The van der Waals surface area contributed by atoms with Crippen LogP contribution in [-0.4, -0.2) is 24.5 Å². The van der Waals surface area contributed by atoms with E-state index in [9.17, 15) is 22.8 Å². The minimum atomic E-state index is -4.93. The normalized spacial score (nSPS) is 11.1. The molecule has 0 fully saturated rings. The Bertz CT molecular complexity index is 474. The van der Waals surface area contributed by atoms with Crippen molar-refractivity contribution in [2.45, 2.75) is 12.7 Å². The zero-order valence-electron chi connectivity index (χ0n) is 9.75. The Balaban J connectivity index is 2.62. The van der Waals surface area contributed by atoms with Gasteiger partial charge in [-0.1, -0.05) is 12.1 Å². The second-order valence-corrected chi connectivity index (χ2v) is 3.72. The van der Waals surface area contributed by atoms with Crippen LogP contribution in [0.25, 0.3) is 0 Å². The highest BCUT2D eigenvalue weighted by Gasteiger charge is 2.38. The van der Waals surface area contributed by atoms with Gasteiger partial charge in [0.2, 0.25) is 5.91 Å². The fourth-order valence-corrected chi connectivity index (χ4v) is 1.29. The van der Waals surface area contributed by atoms with E-state index in [1.54, 1.807) is 11.4 Å². The molecule has 1 aromatic rings. The standard InChI is InChI=1S/C11H12F3N3O2/c12-11(13,14)10(19)17-8-3-1-2-7(4-8)5-16-6-9(15)18/h1-4,16H,5-6H2,(H2,15,18)(H,17,19). The molecule has 0 bridgehead atoms. The minimum absolute atomic E-state index is 0.0284. The molecule has 1 rings (SSSR count). The van der Waals surface area contributed by atoms with Crippen LogP contribution >= 0.6 is 0 Å². The smallest absolute Gasteiger partial charge is 0.369 e. The Hall–Kier alpha value is -2.09. The summed E-state index contributed by atoms with van der Waals surface area (Å²) in [6, 6.07) is 5.84. The lowest BCUT2D eigenvalue weighted by atomic mass is 10.2. The molecule has 0 spiro atoms. The number of carbonyl (C=O) groups is 2. The van der Waals surface area contributed by atoms with E-state index in [4.69, 9.17) is 5.73 Å². The number of nitrogens with one attached hydrogen (secondary N) is 2. The van der Waals surface area contributed by atoms with E-state index in [2.05, 4.69) is 5.32 Å². The molecule has 4 N–H and O–H groups in total. The van der Waals surface area contributed by atoms with Crippen molar-refractivity contribution < 1.29 is 22.8 Å². The van der Waals surface area contributed by atoms with Crippen molar-refractivity contribution in [2.75, 3.05) is 11.9 Å². The van der Waals surface area contributed by atoms with E-state index in [1.807, 2.05) is 0 Å². The predicted octanol–water partition coefficient (Wildman–Crippen LogP) is 0.762. The lowest BCUT2D eigenvalue weighted by Crippen LogP contribution is -2.30. The molecular formula is C11H12F3N3O2. The molecule has 0 aromatic heterocycles. The molecule has 0 saturated heterocycles. The third-order valence-corrected chi connectivity index (χ3v) is 2.07. The van der Waals surface area contributed by atoms with Crippen molar-refractivity contribution in [3.05, 3.63) is 29.8 Å². The van der Waals surface area contributed by atoms with Crippen LogP contribution in [0, 0.1) is 0 Å². The van der Waals surface area contributed by atoms with Gasteiger partial charge < -0.3 is 16.4 Å². The monoisotopic (exact) mass is 275 g/mol. The summed E-state index contributed by atoms with van der Waals surface area (Å²) in [5.74, 6) is -2.57. The summed E-state index contributed by atoms with van der Waals surface area (Å²) in [5.41, 5.74) is 5.56. The van der Waals surface area contributed by atoms with Crippen LogP contribution in [0.15, 0.2) is 24.3 Å². The first-order chi connectivity index (χ1) is 8.79. The SMILES string of the molecule is NC(=O)CNCc1cccc(NC(=O)C(F)(F)F)c1. The van der Waals surface area contributed by atoms with Crippen molar-refractivity contribution in [3.63, 3.8) is 0 Å². The number of carbonyl (C=O) groups excluding carboxylic acids is 2. The summed E-state index contributed by atoms with van der Waals surface area (Å²) >= 11 is 0. The first kappa shape index (κ1) is 15.0. The van der Waals surface area contributed by atoms with E-state index in [1.165, 1.54) is 18.2 Å². The first-order valence-electron chi connectivity index (χ1n) is 5.25. The highest BCUT2D eigenvalue weighted by Crippen LogP contribution is 2.18. The Labute approximate surface area is 107 Å². The lowest BCUT2D eigenvalue weighted by Gasteiger charge is -2.09. The zero-order chi connectivity index (χ0) is 14.5. The number of primary amides is 1. The van der Waals surface area contributed by atoms with Gasteiger partial charge in [0.25, 0.3) is 0 Å². The van der Waals surface area contributed by atoms with Crippen LogP contribution < -0.4 is 16.4 Å². The van der Waals surface area contributed by atoms with Gasteiger partial charge >= 0.3 is 12.1 Å². The van der Waals surface area contributed by atoms with Crippen LogP contribution in [0.1, 0.15) is 5.56 Å². The maximum absolute atomic E-state index is 12.1. The van der Waals surface area contributed by atoms with Gasteiger partial charge in [-0.05, 0) is 17.7 Å². The number of nitrogens with two attached hydrogens (primary N) is 1. The third-order valence-electron chi connectivity index (χ3n) is 2.07. The summed E-state index contributed by atoms with van der Waals surface area (Å²) in [6.07, 6.45) is -4.93. The molecule has 0 aliphatic heterocycles. The molecule has 0 aliphatic rings. The maximum atomic E-state index is 12.1. The molecule has 5 nitrogen and oxygen atoms in total. The molecule has 8 heteroatoms. The molecule has 0 atom stereocenters. The summed E-state index contributed by atoms with van der Waals surface area (Å²) in [4.78, 5) is 21.2. The average Bonchev–Trinajstić information content (AvgIpc) is 2.27. The summed E-state index contributed by atoms with van der Waals surface area (Å²) in [7, 11) is 0. The van der Waals surface area contributed by atoms with Gasteiger partial charge in [-0.15, -0.1) is 0 Å². The second kappa shape index (κ2) is 6.19. The summed E-state index contributed by atoms with van der Waals surface area (Å²) < 4.78 is 36.2. The van der Waals surface area contributed by atoms with Crippen molar-refractivity contribution >= 4 is 17.5 Å². The van der Waals surface area contributed by atoms with Crippen LogP contribution in [0.2, 0.25) is 0 Å². The quantitative estimate of drug-likeness (QED) is 0.741. The second-order valence-electron chi connectivity index (χ2n) is 3.72. The van der Waals surface area contributed by atoms with Crippen LogP contribution in [-0.2, 0) is 16.1 Å². The molecule has 0 heterocycles. The number of alkyl halides is 3. The molecule has 0 saturated carbocycles. The van der Waals surface area contributed by atoms with Gasteiger partial charge in [0.05, 0.1) is 6.54 Å². The number of amides is 2. The molecule has 0 unspecified atom stereocenters. The first-order valence-corrected chi connectivity index (χ1v) is 5.25. The van der Waals surface area contributed by atoms with Gasteiger partial charge in [0.15, 0.2) is 0 Å². The number of rotatable bonds is 5. The van der Waals surface area contributed by atoms with Gasteiger partial charge in [0.1, 0.15) is 0 Å². The Morgan fingerprint density at radius 2 is 1.95 bits per heavy atom. The number of hydrogen-bond acceptors (Lipinski definition) is 3. The van der Waals surface area contributed by atoms with Gasteiger partial charge in [-0.2, -0.15) is 13.2 Å². The van der Waals surface area contributed by atoms with E-state index < -0.39 is 18.0 Å². The van der Waals surface area contributed by atoms with Gasteiger partial charge in [-0.25, -0.2) is 0 Å². The zero-order valence-corrected chi connectivity index (χ0v) is 9.75. The van der Waals surface area contributed by atoms with E-state index >= 15 is 0 Å². The van der Waals surface area contributed by atoms with Crippen molar-refractivity contribution in [2.24, 2.45) is 5.73 Å². The van der Waals surface area contributed by atoms with E-state index in [0.717, 1.165) is 0 Å². The molecule has 104 valence electrons. The number of benzene rings is 1. The fourth-order valence-electron chi connectivity index (χ4n) is 1.29. The molecule has 1 aromatic carbocycles. The van der Waals surface area contributed by atoms with Crippen molar-refractivity contribution in [1.82, 2.24) is 5.32 Å². The molecule has 2 amide bonds. The maximum Gasteiger partial charge on any atom is 0.471 e. The minimum Gasteiger partial charge on any atom is -0.369 e. The third kappa shape index (κ3) is 5.38. The van der Waals surface area contributed by atoms with Crippen LogP contribution in [0.5, 0.6) is 0 Å². The molecule has 0 aliphatic carbocycles. The van der Waals surface area contributed by atoms with Crippen LogP contribution in [0.3, 0.4) is 0 Å². The highest BCUT2D eigenvalue weighted by molar-refractivity contribution is 5.94. The Morgan fingerprint density at radius 3 is 2.53 bits per heavy atom. The van der Waals surface area contributed by atoms with Crippen LogP contribution in [0.4, 0.5) is 18.9 Å². The summed E-state index contributed by atoms with van der Waals surface area (Å²) in [5, 5.41) is 4.44. The fraction of sp³-hybridized carbons (Fsp3) is 0.273. The van der Waals surface area contributed by atoms with E-state index in [-0.39, 0.29) is 18.8 Å². The number of hydrogen-bond donors (Lipinski definition) is 3. The Morgan fingerprint density at radius 1 is 1.26 bits per heavy atom. The average molecular weight is 275 g/mol. The lowest BCUT2D eigenvalue weighted by molar-refractivity contribution is -0.167. The van der Waals surface area contributed by atoms with Gasteiger partial charge in [-0.3, -0.25) is 9.59 Å². The largest absolute Gasteiger partial charge is 0.471 e. The van der Waals surface area contributed by atoms with Gasteiger partial charge in [0, 0.05) is 12.2 Å². The number of anilines is 1. The highest BCUT2D eigenvalue weighted by atomic mass is 19.4. The van der Waals surface area contributed by atoms with E-state index in [0.29, 0.717) is 5.56 Å². The van der Waals surface area contributed by atoms with Crippen molar-refractivity contribution in [1.29, 1.82) is 0 Å². The predicted molar refractivity (Wildman–Crippen MR) is 62.0 cm³/mol. The Kier molecular flexibility index (Phi) is 4.87. The molecular weight excluding hydrogens is 263 g/mol. The molecule has 19 heavy (non-hydrogen) atoms. The molecule has 0 radical (unpaired) electrons. The van der Waals surface area contributed by atoms with Crippen molar-refractivity contribution in [3.8, 4) is 0 Å².